The van der Waals surface area contributed by atoms with E-state index in [0.717, 1.165) is 22.9 Å². The largest absolute Gasteiger partial charge is 0.491 e. The van der Waals surface area contributed by atoms with Gasteiger partial charge in [-0.2, -0.15) is 0 Å². The number of ether oxygens (including phenoxy) is 1. The molecular formula is C12H16BrNO2. The fourth-order valence-electron chi connectivity index (χ4n) is 1.37. The minimum Gasteiger partial charge on any atom is -0.491 e. The van der Waals surface area contributed by atoms with Crippen molar-refractivity contribution in [3.05, 3.63) is 27.7 Å². The molecule has 1 aromatic rings. The van der Waals surface area contributed by atoms with Crippen LogP contribution in [0.1, 0.15) is 15.9 Å². The predicted octanol–water partition coefficient (Wildman–Crippen LogP) is 2.51. The lowest BCUT2D eigenvalue weighted by molar-refractivity contribution is 0.111. The van der Waals surface area contributed by atoms with Gasteiger partial charge in [0, 0.05) is 11.0 Å². The van der Waals surface area contributed by atoms with E-state index in [4.69, 9.17) is 4.74 Å². The smallest absolute Gasteiger partial charge is 0.153 e. The van der Waals surface area contributed by atoms with Crippen molar-refractivity contribution in [1.29, 1.82) is 0 Å². The Bertz CT molecular complexity index is 378. The van der Waals surface area contributed by atoms with E-state index in [0.29, 0.717) is 17.9 Å². The standard InChI is InChI=1S/C12H16BrNO2/c1-9-6-11(13)7-10(8-15)12(9)16-5-4-14(2)3/h6-8H,4-5H2,1-3H3. The van der Waals surface area contributed by atoms with Crippen molar-refractivity contribution in [2.75, 3.05) is 27.2 Å². The second-order valence-electron chi connectivity index (χ2n) is 3.91. The highest BCUT2D eigenvalue weighted by molar-refractivity contribution is 9.10. The van der Waals surface area contributed by atoms with Crippen molar-refractivity contribution in [3.8, 4) is 5.75 Å². The first-order chi connectivity index (χ1) is 7.54. The molecule has 1 rings (SSSR count). The summed E-state index contributed by atoms with van der Waals surface area (Å²) in [4.78, 5) is 13.0. The van der Waals surface area contributed by atoms with Crippen molar-refractivity contribution in [1.82, 2.24) is 4.90 Å². The Labute approximate surface area is 105 Å². The highest BCUT2D eigenvalue weighted by Crippen LogP contribution is 2.26. The molecule has 0 fully saturated rings. The summed E-state index contributed by atoms with van der Waals surface area (Å²) in [5.74, 6) is 0.681. The molecule has 0 spiro atoms. The van der Waals surface area contributed by atoms with Crippen LogP contribution in [0.3, 0.4) is 0 Å². The zero-order chi connectivity index (χ0) is 12.1. The van der Waals surface area contributed by atoms with Crippen LogP contribution in [0, 0.1) is 6.92 Å². The van der Waals surface area contributed by atoms with Crippen LogP contribution in [-0.2, 0) is 0 Å². The second-order valence-corrected chi connectivity index (χ2v) is 4.83. The molecule has 1 aromatic carbocycles. The Balaban J connectivity index is 2.81. The van der Waals surface area contributed by atoms with Gasteiger partial charge >= 0.3 is 0 Å². The Kier molecular flexibility index (Phi) is 4.96. The lowest BCUT2D eigenvalue weighted by atomic mass is 10.1. The molecule has 0 unspecified atom stereocenters. The van der Waals surface area contributed by atoms with Crippen LogP contribution in [0.2, 0.25) is 0 Å². The number of rotatable bonds is 5. The molecule has 0 aromatic heterocycles. The summed E-state index contributed by atoms with van der Waals surface area (Å²) in [6.45, 7) is 3.34. The molecule has 0 bridgehead atoms. The molecule has 0 heterocycles. The van der Waals surface area contributed by atoms with Gasteiger partial charge in [0.1, 0.15) is 12.4 Å². The first-order valence-corrected chi connectivity index (χ1v) is 5.86. The van der Waals surface area contributed by atoms with E-state index in [1.54, 1.807) is 6.07 Å². The number of aldehydes is 1. The fourth-order valence-corrected chi connectivity index (χ4v) is 1.96. The Morgan fingerprint density at radius 3 is 2.69 bits per heavy atom. The van der Waals surface area contributed by atoms with E-state index in [-0.39, 0.29) is 0 Å². The van der Waals surface area contributed by atoms with Gasteiger partial charge in [-0.15, -0.1) is 0 Å². The number of halogens is 1. The monoisotopic (exact) mass is 285 g/mol. The summed E-state index contributed by atoms with van der Waals surface area (Å²) >= 11 is 3.36. The van der Waals surface area contributed by atoms with Gasteiger partial charge in [0.05, 0.1) is 5.56 Å². The second kappa shape index (κ2) is 6.01. The highest BCUT2D eigenvalue weighted by atomic mass is 79.9. The number of benzene rings is 1. The molecule has 16 heavy (non-hydrogen) atoms. The summed E-state index contributed by atoms with van der Waals surface area (Å²) < 4.78 is 6.53. The zero-order valence-corrected chi connectivity index (χ0v) is 11.4. The molecule has 0 atom stereocenters. The molecule has 0 aliphatic rings. The number of carbonyl (C=O) groups excluding carboxylic acids is 1. The Morgan fingerprint density at radius 1 is 1.44 bits per heavy atom. The van der Waals surface area contributed by atoms with Gasteiger partial charge in [-0.05, 0) is 38.7 Å². The summed E-state index contributed by atoms with van der Waals surface area (Å²) in [5.41, 5.74) is 1.56. The van der Waals surface area contributed by atoms with E-state index in [1.165, 1.54) is 0 Å². The highest BCUT2D eigenvalue weighted by Gasteiger charge is 2.08. The van der Waals surface area contributed by atoms with Gasteiger partial charge in [-0.3, -0.25) is 4.79 Å². The fraction of sp³-hybridized carbons (Fsp3) is 0.417. The van der Waals surface area contributed by atoms with Gasteiger partial charge in [0.2, 0.25) is 0 Å². The summed E-state index contributed by atoms with van der Waals surface area (Å²) in [6.07, 6.45) is 0.822. The van der Waals surface area contributed by atoms with E-state index >= 15 is 0 Å². The SMILES string of the molecule is Cc1cc(Br)cc(C=O)c1OCCN(C)C. The lowest BCUT2D eigenvalue weighted by Gasteiger charge is -2.14. The van der Waals surface area contributed by atoms with E-state index < -0.39 is 0 Å². The van der Waals surface area contributed by atoms with Crippen molar-refractivity contribution >= 4 is 22.2 Å². The summed E-state index contributed by atoms with van der Waals surface area (Å²) in [6, 6.07) is 3.71. The van der Waals surface area contributed by atoms with E-state index in [1.807, 2.05) is 32.0 Å². The number of nitrogens with zero attached hydrogens (tertiary/aromatic N) is 1. The number of hydrogen-bond donors (Lipinski definition) is 0. The van der Waals surface area contributed by atoms with Crippen molar-refractivity contribution in [3.63, 3.8) is 0 Å². The molecule has 0 aliphatic heterocycles. The van der Waals surface area contributed by atoms with Crippen LogP contribution < -0.4 is 4.74 Å². The van der Waals surface area contributed by atoms with Gasteiger partial charge in [-0.25, -0.2) is 0 Å². The minimum absolute atomic E-state index is 0.580. The number of likely N-dealkylation sites (N-methyl/N-ethyl adjacent to an activating group) is 1. The van der Waals surface area contributed by atoms with Crippen LogP contribution >= 0.6 is 15.9 Å². The maximum Gasteiger partial charge on any atom is 0.153 e. The molecule has 0 amide bonds. The van der Waals surface area contributed by atoms with Crippen molar-refractivity contribution in [2.45, 2.75) is 6.92 Å². The molecule has 0 saturated heterocycles. The molecule has 0 radical (unpaired) electrons. The Morgan fingerprint density at radius 2 is 2.12 bits per heavy atom. The normalized spacial score (nSPS) is 10.6. The molecule has 3 nitrogen and oxygen atoms in total. The third kappa shape index (κ3) is 3.61. The molecule has 88 valence electrons. The average Bonchev–Trinajstić information content (AvgIpc) is 2.20. The van der Waals surface area contributed by atoms with Crippen molar-refractivity contribution < 1.29 is 9.53 Å². The quantitative estimate of drug-likeness (QED) is 0.779. The zero-order valence-electron chi connectivity index (χ0n) is 9.79. The van der Waals surface area contributed by atoms with Crippen LogP contribution in [-0.4, -0.2) is 38.4 Å². The Hall–Kier alpha value is -0.870. The summed E-state index contributed by atoms with van der Waals surface area (Å²) in [7, 11) is 3.97. The molecule has 4 heteroatoms. The van der Waals surface area contributed by atoms with Crippen LogP contribution in [0.4, 0.5) is 0 Å². The van der Waals surface area contributed by atoms with Crippen LogP contribution in [0.5, 0.6) is 5.75 Å². The number of hydrogen-bond acceptors (Lipinski definition) is 3. The van der Waals surface area contributed by atoms with E-state index in [2.05, 4.69) is 15.9 Å². The molecule has 0 aliphatic carbocycles. The topological polar surface area (TPSA) is 29.5 Å². The molecule has 0 N–H and O–H groups in total. The maximum absolute atomic E-state index is 10.9. The average molecular weight is 286 g/mol. The van der Waals surface area contributed by atoms with Gasteiger partial charge in [-0.1, -0.05) is 15.9 Å². The van der Waals surface area contributed by atoms with Crippen LogP contribution in [0.25, 0.3) is 0 Å². The number of aryl methyl sites for hydroxylation is 1. The summed E-state index contributed by atoms with van der Waals surface area (Å²) in [5, 5.41) is 0. The van der Waals surface area contributed by atoms with Gasteiger partial charge < -0.3 is 9.64 Å². The van der Waals surface area contributed by atoms with Crippen LogP contribution in [0.15, 0.2) is 16.6 Å². The molecular weight excluding hydrogens is 270 g/mol. The van der Waals surface area contributed by atoms with E-state index in [9.17, 15) is 4.79 Å². The molecule has 0 saturated carbocycles. The third-order valence-electron chi connectivity index (χ3n) is 2.18. The van der Waals surface area contributed by atoms with Crippen molar-refractivity contribution in [2.24, 2.45) is 0 Å². The first-order valence-electron chi connectivity index (χ1n) is 5.07. The maximum atomic E-state index is 10.9. The van der Waals surface area contributed by atoms with Gasteiger partial charge in [0.25, 0.3) is 0 Å². The first kappa shape index (κ1) is 13.2. The lowest BCUT2D eigenvalue weighted by Crippen LogP contribution is -2.20. The third-order valence-corrected chi connectivity index (χ3v) is 2.64. The predicted molar refractivity (Wildman–Crippen MR) is 68.3 cm³/mol. The number of carbonyl (C=O) groups is 1. The minimum atomic E-state index is 0.580. The van der Waals surface area contributed by atoms with Gasteiger partial charge in [0.15, 0.2) is 6.29 Å².